The molecule has 1 aliphatic rings. The first-order chi connectivity index (χ1) is 11.2. The molecule has 0 spiro atoms. The highest BCUT2D eigenvalue weighted by Gasteiger charge is 2.26. The van der Waals surface area contributed by atoms with Gasteiger partial charge in [0.1, 0.15) is 23.0 Å². The first-order valence-corrected chi connectivity index (χ1v) is 8.20. The lowest BCUT2D eigenvalue weighted by Crippen LogP contribution is -2.28. The fourth-order valence-electron chi connectivity index (χ4n) is 3.26. The van der Waals surface area contributed by atoms with Crippen LogP contribution in [0.4, 0.5) is 0 Å². The van der Waals surface area contributed by atoms with Gasteiger partial charge in [-0.2, -0.15) is 0 Å². The Labute approximate surface area is 136 Å². The van der Waals surface area contributed by atoms with Crippen LogP contribution in [0.25, 0.3) is 0 Å². The number of hydrogen-bond acceptors (Lipinski definition) is 5. The van der Waals surface area contributed by atoms with E-state index in [0.717, 1.165) is 30.0 Å². The smallest absolute Gasteiger partial charge is 0.133 e. The maximum absolute atomic E-state index is 10.2. The van der Waals surface area contributed by atoms with E-state index in [2.05, 4.69) is 10.1 Å². The highest BCUT2D eigenvalue weighted by molar-refractivity contribution is 5.39. The minimum atomic E-state index is 0.247. The summed E-state index contributed by atoms with van der Waals surface area (Å²) in [5.74, 6) is 1.80. The second-order valence-electron chi connectivity index (χ2n) is 6.19. The lowest BCUT2D eigenvalue weighted by Gasteiger charge is -2.28. The van der Waals surface area contributed by atoms with E-state index in [9.17, 15) is 5.11 Å². The van der Waals surface area contributed by atoms with Gasteiger partial charge in [-0.25, -0.2) is 0 Å². The molecule has 1 saturated heterocycles. The number of aromatic hydroxyl groups is 1. The molecule has 0 radical (unpaired) electrons. The van der Waals surface area contributed by atoms with Crippen LogP contribution in [0.3, 0.4) is 0 Å². The molecule has 0 unspecified atom stereocenters. The second kappa shape index (κ2) is 7.04. The molecule has 3 rings (SSSR count). The van der Waals surface area contributed by atoms with Gasteiger partial charge in [0.15, 0.2) is 0 Å². The number of nitrogens with zero attached hydrogens (tertiary/aromatic N) is 2. The summed E-state index contributed by atoms with van der Waals surface area (Å²) in [6.45, 7) is 3.63. The third-order valence-electron chi connectivity index (χ3n) is 4.52. The van der Waals surface area contributed by atoms with E-state index in [1.807, 2.05) is 25.1 Å². The van der Waals surface area contributed by atoms with Crippen molar-refractivity contribution in [2.24, 2.45) is 0 Å². The number of phenols is 1. The largest absolute Gasteiger partial charge is 0.507 e. The Balaban J connectivity index is 1.82. The minimum Gasteiger partial charge on any atom is -0.507 e. The van der Waals surface area contributed by atoms with Crippen molar-refractivity contribution < 1.29 is 14.4 Å². The van der Waals surface area contributed by atoms with E-state index < -0.39 is 0 Å². The van der Waals surface area contributed by atoms with E-state index in [4.69, 9.17) is 9.26 Å². The van der Waals surface area contributed by atoms with Gasteiger partial charge in [0.05, 0.1) is 13.2 Å². The van der Waals surface area contributed by atoms with Gasteiger partial charge < -0.3 is 14.4 Å². The van der Waals surface area contributed by atoms with Gasteiger partial charge in [-0.1, -0.05) is 24.1 Å². The van der Waals surface area contributed by atoms with E-state index in [0.29, 0.717) is 12.3 Å². The molecule has 1 N–H and O–H groups in total. The Bertz CT molecular complexity index is 653. The molecule has 2 aromatic rings. The lowest BCUT2D eigenvalue weighted by molar-refractivity contribution is 0.182. The number of likely N-dealkylation sites (tertiary alicyclic amines) is 1. The molecule has 1 aliphatic heterocycles. The molecular weight excluding hydrogens is 292 g/mol. The molecule has 0 bridgehead atoms. The lowest BCUT2D eigenvalue weighted by atomic mass is 10.1. The Kier molecular flexibility index (Phi) is 4.86. The molecule has 1 atom stereocenters. The number of aromatic nitrogens is 1. The summed E-state index contributed by atoms with van der Waals surface area (Å²) in [6.07, 6.45) is 4.67. The molecule has 0 aliphatic carbocycles. The molecule has 2 heterocycles. The molecule has 1 aromatic heterocycles. The van der Waals surface area contributed by atoms with Crippen molar-refractivity contribution in [1.29, 1.82) is 0 Å². The summed E-state index contributed by atoms with van der Waals surface area (Å²) in [5, 5.41) is 14.5. The van der Waals surface area contributed by atoms with Crippen LogP contribution in [0.15, 0.2) is 28.8 Å². The SMILES string of the molecule is COc1ccc(CN2CCCCC[C@H]2c2cc(C)on2)c(O)c1. The number of aryl methyl sites for hydroxylation is 1. The molecule has 23 heavy (non-hydrogen) atoms. The first-order valence-electron chi connectivity index (χ1n) is 8.20. The van der Waals surface area contributed by atoms with Crippen molar-refractivity contribution in [2.45, 2.75) is 45.2 Å². The van der Waals surface area contributed by atoms with E-state index in [-0.39, 0.29) is 11.8 Å². The number of benzene rings is 1. The van der Waals surface area contributed by atoms with Crippen LogP contribution in [0.1, 0.15) is 48.7 Å². The third kappa shape index (κ3) is 3.67. The number of rotatable bonds is 4. The van der Waals surface area contributed by atoms with E-state index in [1.54, 1.807) is 13.2 Å². The fraction of sp³-hybridized carbons (Fsp3) is 0.500. The predicted molar refractivity (Wildman–Crippen MR) is 87.5 cm³/mol. The van der Waals surface area contributed by atoms with Gasteiger partial charge in [0, 0.05) is 24.2 Å². The third-order valence-corrected chi connectivity index (χ3v) is 4.52. The summed E-state index contributed by atoms with van der Waals surface area (Å²) in [6, 6.07) is 7.77. The summed E-state index contributed by atoms with van der Waals surface area (Å²) < 4.78 is 10.4. The highest BCUT2D eigenvalue weighted by Crippen LogP contribution is 2.33. The molecule has 5 heteroatoms. The average molecular weight is 316 g/mol. The van der Waals surface area contributed by atoms with Crippen molar-refractivity contribution in [3.8, 4) is 11.5 Å². The summed E-state index contributed by atoms with van der Waals surface area (Å²) in [7, 11) is 1.60. The Morgan fingerprint density at radius 3 is 2.87 bits per heavy atom. The molecule has 1 fully saturated rings. The predicted octanol–water partition coefficient (Wildman–Crippen LogP) is 3.81. The topological polar surface area (TPSA) is 58.7 Å². The Hall–Kier alpha value is -2.01. The van der Waals surface area contributed by atoms with Gasteiger partial charge >= 0.3 is 0 Å². The molecule has 5 nitrogen and oxygen atoms in total. The number of ether oxygens (including phenoxy) is 1. The van der Waals surface area contributed by atoms with Crippen molar-refractivity contribution in [2.75, 3.05) is 13.7 Å². The number of methoxy groups -OCH3 is 1. The first kappa shape index (κ1) is 15.9. The van der Waals surface area contributed by atoms with Crippen molar-refractivity contribution in [3.63, 3.8) is 0 Å². The maximum atomic E-state index is 10.2. The van der Waals surface area contributed by atoms with Crippen molar-refractivity contribution in [1.82, 2.24) is 10.1 Å². The van der Waals surface area contributed by atoms with Crippen molar-refractivity contribution >= 4 is 0 Å². The van der Waals surface area contributed by atoms with Crippen LogP contribution in [0.2, 0.25) is 0 Å². The summed E-state index contributed by atoms with van der Waals surface area (Å²) >= 11 is 0. The maximum Gasteiger partial charge on any atom is 0.133 e. The van der Waals surface area contributed by atoms with Crippen molar-refractivity contribution in [3.05, 3.63) is 41.3 Å². The van der Waals surface area contributed by atoms with E-state index in [1.165, 1.54) is 19.3 Å². The fourth-order valence-corrected chi connectivity index (χ4v) is 3.26. The van der Waals surface area contributed by atoms with Crippen LogP contribution < -0.4 is 4.74 Å². The minimum absolute atomic E-state index is 0.247. The van der Waals surface area contributed by atoms with Crippen LogP contribution in [0.5, 0.6) is 11.5 Å². The van der Waals surface area contributed by atoms with Gasteiger partial charge in [-0.3, -0.25) is 4.90 Å². The zero-order valence-corrected chi connectivity index (χ0v) is 13.8. The van der Waals surface area contributed by atoms with Gasteiger partial charge in [-0.05, 0) is 32.4 Å². The Morgan fingerprint density at radius 2 is 2.17 bits per heavy atom. The molecule has 0 saturated carbocycles. The van der Waals surface area contributed by atoms with Gasteiger partial charge in [-0.15, -0.1) is 0 Å². The highest BCUT2D eigenvalue weighted by atomic mass is 16.5. The molecular formula is C18H24N2O3. The molecule has 124 valence electrons. The quantitative estimate of drug-likeness (QED) is 0.929. The molecule has 0 amide bonds. The van der Waals surface area contributed by atoms with Crippen LogP contribution in [-0.2, 0) is 6.54 Å². The number of hydrogen-bond donors (Lipinski definition) is 1. The van der Waals surface area contributed by atoms with Gasteiger partial charge in [0.25, 0.3) is 0 Å². The van der Waals surface area contributed by atoms with Crippen LogP contribution in [0, 0.1) is 6.92 Å². The van der Waals surface area contributed by atoms with Crippen LogP contribution in [-0.4, -0.2) is 28.8 Å². The van der Waals surface area contributed by atoms with Crippen LogP contribution >= 0.6 is 0 Å². The van der Waals surface area contributed by atoms with Gasteiger partial charge in [0.2, 0.25) is 0 Å². The molecule has 1 aromatic carbocycles. The normalized spacial score (nSPS) is 19.5. The second-order valence-corrected chi connectivity index (χ2v) is 6.19. The standard InChI is InChI=1S/C18H24N2O3/c1-13-10-16(19-23-13)17-6-4-3-5-9-20(17)12-14-7-8-15(22-2)11-18(14)21/h7-8,10-11,17,21H,3-6,9,12H2,1-2H3/t17-/m0/s1. The summed E-state index contributed by atoms with van der Waals surface area (Å²) in [5.41, 5.74) is 1.91. The zero-order chi connectivity index (χ0) is 16.2. The summed E-state index contributed by atoms with van der Waals surface area (Å²) in [4.78, 5) is 2.39. The Morgan fingerprint density at radius 1 is 1.30 bits per heavy atom. The average Bonchev–Trinajstić information content (AvgIpc) is 2.84. The van der Waals surface area contributed by atoms with E-state index >= 15 is 0 Å². The number of phenolic OH excluding ortho intramolecular Hbond substituents is 1. The zero-order valence-electron chi connectivity index (χ0n) is 13.8. The monoisotopic (exact) mass is 316 g/mol.